The van der Waals surface area contributed by atoms with E-state index < -0.39 is 33.8 Å². The molecule has 2 saturated heterocycles. The van der Waals surface area contributed by atoms with Crippen LogP contribution in [0.1, 0.15) is 101 Å². The number of imide groups is 1. The molecule has 20 heteroatoms. The van der Waals surface area contributed by atoms with Crippen molar-refractivity contribution in [1.82, 2.24) is 35.3 Å². The number of fused-ring (bicyclic) bond motifs is 2. The van der Waals surface area contributed by atoms with Crippen LogP contribution in [0.3, 0.4) is 0 Å². The van der Waals surface area contributed by atoms with Crippen LogP contribution < -0.4 is 42.0 Å². The van der Waals surface area contributed by atoms with E-state index in [9.17, 15) is 37.2 Å². The van der Waals surface area contributed by atoms with Crippen molar-refractivity contribution in [2.24, 2.45) is 12.8 Å². The van der Waals surface area contributed by atoms with E-state index in [2.05, 4.69) is 35.9 Å². The number of rotatable bonds is 16. The van der Waals surface area contributed by atoms with Crippen molar-refractivity contribution in [2.75, 3.05) is 55.6 Å². The van der Waals surface area contributed by atoms with Gasteiger partial charge in [-0.2, -0.15) is 0 Å². The second-order valence-electron chi connectivity index (χ2n) is 17.7. The molecule has 0 spiro atoms. The molecule has 19 nitrogen and oxygen atoms in total. The Balaban J connectivity index is 0.941. The predicted molar refractivity (Wildman–Crippen MR) is 249 cm³/mol. The third kappa shape index (κ3) is 10.2. The number of aromatic amines is 1. The van der Waals surface area contributed by atoms with E-state index in [0.717, 1.165) is 82.1 Å². The van der Waals surface area contributed by atoms with Crippen LogP contribution in [0.25, 0.3) is 22.0 Å². The molecule has 3 aliphatic heterocycles. The number of benzene rings is 2. The summed E-state index contributed by atoms with van der Waals surface area (Å²) >= 11 is 0. The number of H-pyrrole nitrogens is 1. The van der Waals surface area contributed by atoms with Gasteiger partial charge in [0.15, 0.2) is 0 Å². The van der Waals surface area contributed by atoms with Gasteiger partial charge in [0.1, 0.15) is 23.0 Å². The van der Waals surface area contributed by atoms with Crippen LogP contribution in [0.4, 0.5) is 11.4 Å². The van der Waals surface area contributed by atoms with Crippen molar-refractivity contribution >= 4 is 61.8 Å². The number of aromatic nitrogens is 2. The first-order valence-corrected chi connectivity index (χ1v) is 24.6. The van der Waals surface area contributed by atoms with Crippen LogP contribution in [0.15, 0.2) is 47.4 Å². The standard InChI is InChI=1S/C46H58N10O9S/c1-54-25-33(31-23-37(43(59)49-18-16-47)51-41(31)46(54)62)30-22-36(53-66(2,63)64)32(24-39(30)65-28-8-4-3-5-9-28)42(58)48-17-7-19-55-20-14-27(15-21-55)50-35-11-6-10-29-34(35)26-56(45(29)61)38-12-13-40(57)52-44(38)60/h6,10-11,22-25,27-28,38,50-51,53H,3-5,7-9,12-21,26,47H2,1-2H3,(H,48,58)(H,49,59)(H,52,57,60). The summed E-state index contributed by atoms with van der Waals surface area (Å²) in [5.74, 6) is -1.55. The van der Waals surface area contributed by atoms with E-state index in [4.69, 9.17) is 10.5 Å². The van der Waals surface area contributed by atoms with Gasteiger partial charge in [0.05, 0.1) is 23.6 Å². The third-order valence-electron chi connectivity index (χ3n) is 12.9. The molecule has 3 fully saturated rings. The number of ether oxygens (including phenoxy) is 1. The zero-order chi connectivity index (χ0) is 46.7. The topological polar surface area (TPSA) is 259 Å². The molecule has 66 heavy (non-hydrogen) atoms. The summed E-state index contributed by atoms with van der Waals surface area (Å²) in [4.78, 5) is 84.8. The first-order chi connectivity index (χ1) is 31.7. The molecule has 1 atom stereocenters. The van der Waals surface area contributed by atoms with Gasteiger partial charge in [0.2, 0.25) is 21.8 Å². The minimum absolute atomic E-state index is 0.0334. The maximum atomic E-state index is 14.0. The van der Waals surface area contributed by atoms with Crippen molar-refractivity contribution in [3.8, 4) is 16.9 Å². The molecule has 8 N–H and O–H groups in total. The zero-order valence-electron chi connectivity index (χ0n) is 37.3. The summed E-state index contributed by atoms with van der Waals surface area (Å²) in [5, 5.41) is 12.1. The Kier molecular flexibility index (Phi) is 13.8. The number of carbonyl (C=O) groups excluding carboxylic acids is 5. The lowest BCUT2D eigenvalue weighted by Crippen LogP contribution is -2.52. The molecule has 5 amide bonds. The van der Waals surface area contributed by atoms with E-state index in [1.807, 2.05) is 12.1 Å². The summed E-state index contributed by atoms with van der Waals surface area (Å²) in [6.07, 6.45) is 9.94. The average Bonchev–Trinajstić information content (AvgIpc) is 3.89. The van der Waals surface area contributed by atoms with E-state index in [1.165, 1.54) is 4.57 Å². The van der Waals surface area contributed by atoms with Gasteiger partial charge < -0.3 is 45.8 Å². The third-order valence-corrected chi connectivity index (χ3v) is 13.5. The van der Waals surface area contributed by atoms with Gasteiger partial charge in [-0.1, -0.05) is 12.5 Å². The SMILES string of the molecule is Cn1cc(-c2cc(NS(C)(=O)=O)c(C(=O)NCCCN3CCC(Nc4cccc5c4CN(C4CCC(=O)NC4=O)C5=O)CC3)cc2OC2CCCCC2)c2cc(C(=O)NCCN)[nH]c2c1=O. The molecular formula is C46H58N10O9S. The number of amides is 5. The molecule has 352 valence electrons. The fraction of sp³-hybridized carbons (Fsp3) is 0.478. The molecule has 0 radical (unpaired) electrons. The van der Waals surface area contributed by atoms with Crippen molar-refractivity contribution in [1.29, 1.82) is 0 Å². The fourth-order valence-corrected chi connectivity index (χ4v) is 10.1. The van der Waals surface area contributed by atoms with Gasteiger partial charge in [0, 0.05) is 98.3 Å². The van der Waals surface area contributed by atoms with E-state index in [-0.39, 0.29) is 71.5 Å². The second-order valence-corrected chi connectivity index (χ2v) is 19.5. The molecule has 2 aromatic heterocycles. The summed E-state index contributed by atoms with van der Waals surface area (Å²) < 4.78 is 36.1. The van der Waals surface area contributed by atoms with Crippen molar-refractivity contribution < 1.29 is 37.1 Å². The molecule has 5 heterocycles. The highest BCUT2D eigenvalue weighted by Gasteiger charge is 2.40. The van der Waals surface area contributed by atoms with Crippen molar-refractivity contribution in [2.45, 2.75) is 88.9 Å². The normalized spacial score (nSPS) is 18.6. The monoisotopic (exact) mass is 926 g/mol. The molecule has 4 aliphatic rings. The average molecular weight is 927 g/mol. The quantitative estimate of drug-likeness (QED) is 0.0633. The highest BCUT2D eigenvalue weighted by molar-refractivity contribution is 7.92. The van der Waals surface area contributed by atoms with Gasteiger partial charge in [-0.15, -0.1) is 0 Å². The van der Waals surface area contributed by atoms with Crippen LogP contribution in [-0.4, -0.2) is 121 Å². The van der Waals surface area contributed by atoms with Gasteiger partial charge in [-0.05, 0) is 88.2 Å². The Morgan fingerprint density at radius 2 is 1.65 bits per heavy atom. The lowest BCUT2D eigenvalue weighted by atomic mass is 9.96. The van der Waals surface area contributed by atoms with E-state index in [0.29, 0.717) is 53.8 Å². The number of nitrogens with zero attached hydrogens (tertiary/aromatic N) is 3. The number of anilines is 2. The Morgan fingerprint density at radius 1 is 0.894 bits per heavy atom. The van der Waals surface area contributed by atoms with Crippen LogP contribution >= 0.6 is 0 Å². The highest BCUT2D eigenvalue weighted by atomic mass is 32.2. The maximum absolute atomic E-state index is 14.0. The summed E-state index contributed by atoms with van der Waals surface area (Å²) in [5.41, 5.74) is 8.87. The van der Waals surface area contributed by atoms with Gasteiger partial charge in [0.25, 0.3) is 23.3 Å². The molecule has 1 aliphatic carbocycles. The fourth-order valence-electron chi connectivity index (χ4n) is 9.52. The Hall–Kier alpha value is -6.25. The molecule has 1 unspecified atom stereocenters. The number of piperidine rings is 2. The lowest BCUT2D eigenvalue weighted by Gasteiger charge is -2.33. The predicted octanol–water partition coefficient (Wildman–Crippen LogP) is 2.76. The summed E-state index contributed by atoms with van der Waals surface area (Å²) in [7, 11) is -2.29. The highest BCUT2D eigenvalue weighted by Crippen LogP contribution is 2.41. The Morgan fingerprint density at radius 3 is 2.38 bits per heavy atom. The van der Waals surface area contributed by atoms with Crippen LogP contribution in [0.2, 0.25) is 0 Å². The van der Waals surface area contributed by atoms with Crippen molar-refractivity contribution in [3.05, 3.63) is 75.3 Å². The van der Waals surface area contributed by atoms with Crippen molar-refractivity contribution in [3.63, 3.8) is 0 Å². The van der Waals surface area contributed by atoms with Gasteiger partial charge in [-0.25, -0.2) is 8.42 Å². The van der Waals surface area contributed by atoms with Crippen LogP contribution in [0, 0.1) is 0 Å². The molecular weight excluding hydrogens is 869 g/mol. The lowest BCUT2D eigenvalue weighted by molar-refractivity contribution is -0.136. The number of hydrogen-bond acceptors (Lipinski definition) is 12. The minimum Gasteiger partial charge on any atom is -0.490 e. The number of aryl methyl sites for hydroxylation is 1. The van der Waals surface area contributed by atoms with E-state index >= 15 is 0 Å². The number of pyridine rings is 1. The molecule has 4 aromatic rings. The zero-order valence-corrected chi connectivity index (χ0v) is 38.1. The number of carbonyl (C=O) groups is 5. The van der Waals surface area contributed by atoms with E-state index in [1.54, 1.807) is 42.4 Å². The second kappa shape index (κ2) is 19.7. The largest absolute Gasteiger partial charge is 0.490 e. The molecule has 1 saturated carbocycles. The number of nitrogens with one attached hydrogen (secondary N) is 6. The Labute approximate surface area is 382 Å². The molecule has 0 bridgehead atoms. The summed E-state index contributed by atoms with van der Waals surface area (Å²) in [6, 6.07) is 9.76. The van der Waals surface area contributed by atoms with Crippen LogP contribution in [0.5, 0.6) is 5.75 Å². The molecule has 8 rings (SSSR count). The number of sulfonamides is 1. The number of nitrogens with two attached hydrogens (primary N) is 1. The summed E-state index contributed by atoms with van der Waals surface area (Å²) in [6.45, 7) is 3.43. The maximum Gasteiger partial charge on any atom is 0.274 e. The number of likely N-dealkylation sites (tertiary alicyclic amines) is 1. The van der Waals surface area contributed by atoms with Crippen LogP contribution in [-0.2, 0) is 33.2 Å². The first kappa shape index (κ1) is 46.3. The first-order valence-electron chi connectivity index (χ1n) is 22.7. The smallest absolute Gasteiger partial charge is 0.274 e. The Bertz CT molecular complexity index is 2720. The minimum atomic E-state index is -3.88. The molecule has 2 aromatic carbocycles. The van der Waals surface area contributed by atoms with Gasteiger partial charge in [-0.3, -0.25) is 38.8 Å². The number of hydrogen-bond donors (Lipinski definition) is 7. The van der Waals surface area contributed by atoms with Gasteiger partial charge >= 0.3 is 0 Å².